The Hall–Kier alpha value is -2.15. The summed E-state index contributed by atoms with van der Waals surface area (Å²) in [5.74, 6) is 0.0751. The molecule has 0 unspecified atom stereocenters. The van der Waals surface area contributed by atoms with Gasteiger partial charge >= 0.3 is 0 Å². The Kier molecular flexibility index (Phi) is 2.46. The summed E-state index contributed by atoms with van der Waals surface area (Å²) in [5, 5.41) is 9.38. The predicted molar refractivity (Wildman–Crippen MR) is 70.5 cm³/mol. The first-order valence-corrected chi connectivity index (χ1v) is 6.05. The third kappa shape index (κ3) is 1.82. The van der Waals surface area contributed by atoms with Crippen LogP contribution in [0.15, 0.2) is 23.3 Å². The van der Waals surface area contributed by atoms with Crippen LogP contribution in [0.5, 0.6) is 0 Å². The van der Waals surface area contributed by atoms with Crippen molar-refractivity contribution in [3.63, 3.8) is 0 Å². The third-order valence-electron chi connectivity index (χ3n) is 3.57. The van der Waals surface area contributed by atoms with Crippen LogP contribution >= 0.6 is 0 Å². The number of anilines is 1. The van der Waals surface area contributed by atoms with E-state index in [0.29, 0.717) is 5.65 Å². The highest BCUT2D eigenvalue weighted by atomic mass is 16.3. The van der Waals surface area contributed by atoms with E-state index in [1.54, 1.807) is 6.33 Å². The van der Waals surface area contributed by atoms with Gasteiger partial charge in [0.15, 0.2) is 11.2 Å². The summed E-state index contributed by atoms with van der Waals surface area (Å²) in [5.41, 5.74) is 5.73. The van der Waals surface area contributed by atoms with E-state index >= 15 is 0 Å². The topological polar surface area (TPSA) is 110 Å². The van der Waals surface area contributed by atoms with Crippen LogP contribution in [0.25, 0.3) is 11.2 Å². The standard InChI is InChI=1S/C12H15N5O2/c1-12(5-18)3-2-7(4-12)17-6-14-8-9(17)15-11(13)16-10(8)19/h2-3,6-7,18H,4-5H2,1H3,(H3,13,15,16,19)/t7-,12+/m0/s1. The summed E-state index contributed by atoms with van der Waals surface area (Å²) in [6, 6.07) is 0.0239. The van der Waals surface area contributed by atoms with E-state index < -0.39 is 0 Å². The number of fused-ring (bicyclic) bond motifs is 1. The molecule has 2 aromatic rings. The summed E-state index contributed by atoms with van der Waals surface area (Å²) in [7, 11) is 0. The molecule has 0 saturated heterocycles. The summed E-state index contributed by atoms with van der Waals surface area (Å²) < 4.78 is 1.82. The highest BCUT2D eigenvalue weighted by molar-refractivity contribution is 5.70. The molecule has 7 heteroatoms. The number of nitrogens with zero attached hydrogens (tertiary/aromatic N) is 3. The van der Waals surface area contributed by atoms with Gasteiger partial charge in [-0.05, 0) is 6.42 Å². The zero-order chi connectivity index (χ0) is 13.6. The van der Waals surface area contributed by atoms with E-state index in [2.05, 4.69) is 15.0 Å². The number of nitrogens with two attached hydrogens (primary N) is 1. The summed E-state index contributed by atoms with van der Waals surface area (Å²) in [4.78, 5) is 22.3. The number of aromatic nitrogens is 4. The lowest BCUT2D eigenvalue weighted by molar-refractivity contribution is 0.175. The van der Waals surface area contributed by atoms with Crippen molar-refractivity contribution in [2.75, 3.05) is 12.3 Å². The Balaban J connectivity index is 2.08. The van der Waals surface area contributed by atoms with Crippen molar-refractivity contribution < 1.29 is 5.11 Å². The number of nitrogen functional groups attached to an aromatic ring is 1. The van der Waals surface area contributed by atoms with Crippen molar-refractivity contribution in [2.24, 2.45) is 5.41 Å². The second kappa shape index (κ2) is 3.92. The number of allylic oxidation sites excluding steroid dienone is 1. The number of aliphatic hydroxyl groups is 1. The number of aromatic amines is 1. The minimum absolute atomic E-state index is 0.0239. The van der Waals surface area contributed by atoms with Crippen LogP contribution in [-0.4, -0.2) is 31.2 Å². The number of H-pyrrole nitrogens is 1. The quantitative estimate of drug-likeness (QED) is 0.669. The molecule has 4 N–H and O–H groups in total. The molecular formula is C12H15N5O2. The third-order valence-corrected chi connectivity index (χ3v) is 3.57. The largest absolute Gasteiger partial charge is 0.395 e. The lowest BCUT2D eigenvalue weighted by Crippen LogP contribution is -2.18. The fraction of sp³-hybridized carbons (Fsp3) is 0.417. The van der Waals surface area contributed by atoms with Crippen molar-refractivity contribution >= 4 is 17.1 Å². The average Bonchev–Trinajstić information content (AvgIpc) is 2.94. The molecule has 1 aliphatic rings. The molecule has 0 bridgehead atoms. The molecule has 0 spiro atoms. The first-order valence-electron chi connectivity index (χ1n) is 6.05. The molecule has 0 fully saturated rings. The number of imidazole rings is 1. The molecule has 0 aliphatic heterocycles. The first-order chi connectivity index (χ1) is 9.02. The monoisotopic (exact) mass is 261 g/mol. The number of aliphatic hydroxyl groups excluding tert-OH is 1. The van der Waals surface area contributed by atoms with Crippen LogP contribution in [0.2, 0.25) is 0 Å². The molecule has 2 aromatic heterocycles. The van der Waals surface area contributed by atoms with Gasteiger partial charge in [0.25, 0.3) is 5.56 Å². The summed E-state index contributed by atoms with van der Waals surface area (Å²) in [6.45, 7) is 2.07. The van der Waals surface area contributed by atoms with Gasteiger partial charge in [-0.25, -0.2) is 4.98 Å². The fourth-order valence-electron chi connectivity index (χ4n) is 2.45. The second-order valence-electron chi connectivity index (χ2n) is 5.22. The van der Waals surface area contributed by atoms with Crippen molar-refractivity contribution in [1.82, 2.24) is 19.5 Å². The van der Waals surface area contributed by atoms with E-state index in [1.807, 2.05) is 23.6 Å². The van der Waals surface area contributed by atoms with Crippen molar-refractivity contribution in [3.8, 4) is 0 Å². The summed E-state index contributed by atoms with van der Waals surface area (Å²) in [6.07, 6.45) is 6.31. The highest BCUT2D eigenvalue weighted by Gasteiger charge is 2.31. The number of rotatable bonds is 2. The minimum atomic E-state index is -0.340. The van der Waals surface area contributed by atoms with Gasteiger partial charge in [-0.2, -0.15) is 4.98 Å². The molecule has 2 atom stereocenters. The maximum Gasteiger partial charge on any atom is 0.280 e. The minimum Gasteiger partial charge on any atom is -0.395 e. The highest BCUT2D eigenvalue weighted by Crippen LogP contribution is 2.38. The molecule has 0 saturated carbocycles. The van der Waals surface area contributed by atoms with Crippen LogP contribution in [0.4, 0.5) is 5.95 Å². The molecule has 0 radical (unpaired) electrons. The lowest BCUT2D eigenvalue weighted by Gasteiger charge is -2.21. The lowest BCUT2D eigenvalue weighted by atomic mass is 9.91. The average molecular weight is 261 g/mol. The predicted octanol–water partition coefficient (Wildman–Crippen LogP) is 0.201. The van der Waals surface area contributed by atoms with Gasteiger partial charge in [0.1, 0.15) is 0 Å². The van der Waals surface area contributed by atoms with Gasteiger partial charge in [-0.1, -0.05) is 19.1 Å². The molecule has 1 aliphatic carbocycles. The van der Waals surface area contributed by atoms with Crippen LogP contribution < -0.4 is 11.3 Å². The van der Waals surface area contributed by atoms with Crippen LogP contribution in [0.3, 0.4) is 0 Å². The van der Waals surface area contributed by atoms with Crippen LogP contribution in [-0.2, 0) is 0 Å². The normalized spacial score (nSPS) is 26.3. The molecule has 2 heterocycles. The van der Waals surface area contributed by atoms with Gasteiger partial charge in [-0.3, -0.25) is 9.78 Å². The Bertz CT molecular complexity index is 716. The van der Waals surface area contributed by atoms with Crippen molar-refractivity contribution in [2.45, 2.75) is 19.4 Å². The van der Waals surface area contributed by atoms with E-state index in [-0.39, 0.29) is 35.1 Å². The van der Waals surface area contributed by atoms with Crippen molar-refractivity contribution in [1.29, 1.82) is 0 Å². The van der Waals surface area contributed by atoms with E-state index in [1.165, 1.54) is 0 Å². The Morgan fingerprint density at radius 1 is 1.68 bits per heavy atom. The van der Waals surface area contributed by atoms with Crippen LogP contribution in [0.1, 0.15) is 19.4 Å². The van der Waals surface area contributed by atoms with Gasteiger partial charge < -0.3 is 15.4 Å². The zero-order valence-electron chi connectivity index (χ0n) is 10.5. The molecule has 0 aromatic carbocycles. The Morgan fingerprint density at radius 3 is 3.16 bits per heavy atom. The van der Waals surface area contributed by atoms with Crippen LogP contribution in [0, 0.1) is 5.41 Å². The molecule has 19 heavy (non-hydrogen) atoms. The van der Waals surface area contributed by atoms with Gasteiger partial charge in [0.05, 0.1) is 19.0 Å². The van der Waals surface area contributed by atoms with E-state index in [4.69, 9.17) is 5.73 Å². The van der Waals surface area contributed by atoms with Crippen molar-refractivity contribution in [3.05, 3.63) is 28.8 Å². The SMILES string of the molecule is C[C@@]1(CO)C=C[C@H](n2cnc3c(=O)[nH]c(N)nc32)C1. The maximum absolute atomic E-state index is 11.7. The molecular weight excluding hydrogens is 246 g/mol. The zero-order valence-corrected chi connectivity index (χ0v) is 10.5. The Labute approximate surface area is 108 Å². The van der Waals surface area contributed by atoms with Gasteiger partial charge in [-0.15, -0.1) is 0 Å². The smallest absolute Gasteiger partial charge is 0.280 e. The van der Waals surface area contributed by atoms with Gasteiger partial charge in [0.2, 0.25) is 5.95 Å². The van der Waals surface area contributed by atoms with E-state index in [9.17, 15) is 9.90 Å². The molecule has 7 nitrogen and oxygen atoms in total. The molecule has 0 amide bonds. The van der Waals surface area contributed by atoms with Gasteiger partial charge in [0, 0.05) is 5.41 Å². The maximum atomic E-state index is 11.7. The summed E-state index contributed by atoms with van der Waals surface area (Å²) >= 11 is 0. The number of hydrogen-bond acceptors (Lipinski definition) is 5. The van der Waals surface area contributed by atoms with E-state index in [0.717, 1.165) is 6.42 Å². The number of nitrogens with one attached hydrogen (secondary N) is 1. The number of hydrogen-bond donors (Lipinski definition) is 3. The molecule has 3 rings (SSSR count). The molecule has 100 valence electrons. The fourth-order valence-corrected chi connectivity index (χ4v) is 2.45. The second-order valence-corrected chi connectivity index (χ2v) is 5.22. The first kappa shape index (κ1) is 11.9. The Morgan fingerprint density at radius 2 is 2.47 bits per heavy atom.